The number of benzene rings is 2. The number of nitriles is 1. The highest BCUT2D eigenvalue weighted by molar-refractivity contribution is 7.91. The number of aromatic nitrogens is 1. The summed E-state index contributed by atoms with van der Waals surface area (Å²) in [6.07, 6.45) is 2.85. The van der Waals surface area contributed by atoms with Crippen molar-refractivity contribution in [1.82, 2.24) is 4.98 Å². The summed E-state index contributed by atoms with van der Waals surface area (Å²) in [5.74, 6) is 1.30. The van der Waals surface area contributed by atoms with Gasteiger partial charge >= 0.3 is 6.01 Å². The third-order valence-electron chi connectivity index (χ3n) is 5.24. The SMILES string of the molecule is CC(C)(c1ccc(OCCc2coc(NS(C)(=O)=O)n2)cc1)c1cc(Cl)c(OCCCl)c(C#N)c1. The Labute approximate surface area is 214 Å². The highest BCUT2D eigenvalue weighted by atomic mass is 35.5. The number of halogens is 2. The predicted molar refractivity (Wildman–Crippen MR) is 135 cm³/mol. The van der Waals surface area contributed by atoms with Gasteiger partial charge in [-0.3, -0.25) is 0 Å². The third kappa shape index (κ3) is 7.04. The van der Waals surface area contributed by atoms with Crippen molar-refractivity contribution in [2.24, 2.45) is 0 Å². The van der Waals surface area contributed by atoms with Gasteiger partial charge in [-0.25, -0.2) is 13.1 Å². The first-order valence-electron chi connectivity index (χ1n) is 10.6. The fraction of sp³-hybridized carbons (Fsp3) is 0.333. The van der Waals surface area contributed by atoms with E-state index in [1.54, 1.807) is 12.1 Å². The highest BCUT2D eigenvalue weighted by Gasteiger charge is 2.26. The van der Waals surface area contributed by atoms with Crippen molar-refractivity contribution in [2.45, 2.75) is 25.7 Å². The second kappa shape index (κ2) is 11.2. The number of rotatable bonds is 11. The summed E-state index contributed by atoms with van der Waals surface area (Å²) < 4.78 is 41.1. The van der Waals surface area contributed by atoms with Crippen molar-refractivity contribution in [1.29, 1.82) is 5.26 Å². The van der Waals surface area contributed by atoms with Gasteiger partial charge in [-0.05, 0) is 35.4 Å². The normalized spacial score (nSPS) is 11.7. The van der Waals surface area contributed by atoms with Crippen LogP contribution in [0.3, 0.4) is 0 Å². The fourth-order valence-corrected chi connectivity index (χ4v) is 4.12. The van der Waals surface area contributed by atoms with Crippen LogP contribution in [0.15, 0.2) is 47.1 Å². The lowest BCUT2D eigenvalue weighted by Crippen LogP contribution is -2.19. The van der Waals surface area contributed by atoms with E-state index in [1.807, 2.05) is 38.1 Å². The molecule has 0 saturated carbocycles. The summed E-state index contributed by atoms with van der Waals surface area (Å²) in [7, 11) is -3.45. The van der Waals surface area contributed by atoms with Crippen LogP contribution >= 0.6 is 23.2 Å². The molecule has 0 radical (unpaired) electrons. The lowest BCUT2D eigenvalue weighted by atomic mass is 9.77. The van der Waals surface area contributed by atoms with Gasteiger partial charge in [0.05, 0.1) is 35.0 Å². The fourth-order valence-electron chi connectivity index (χ4n) is 3.36. The number of nitrogens with one attached hydrogen (secondary N) is 1. The van der Waals surface area contributed by atoms with Gasteiger partial charge in [0.25, 0.3) is 0 Å². The Morgan fingerprint density at radius 1 is 1.14 bits per heavy atom. The molecule has 0 unspecified atom stereocenters. The smallest absolute Gasteiger partial charge is 0.308 e. The molecule has 0 fully saturated rings. The van der Waals surface area contributed by atoms with Crippen LogP contribution in [0, 0.1) is 11.3 Å². The van der Waals surface area contributed by atoms with Crippen molar-refractivity contribution < 1.29 is 22.3 Å². The predicted octanol–water partition coefficient (Wildman–Crippen LogP) is 5.14. The van der Waals surface area contributed by atoms with Gasteiger partial charge in [-0.1, -0.05) is 37.6 Å². The summed E-state index contributed by atoms with van der Waals surface area (Å²) in [6.45, 7) is 4.68. The zero-order valence-electron chi connectivity index (χ0n) is 19.5. The first-order valence-corrected chi connectivity index (χ1v) is 13.4. The van der Waals surface area contributed by atoms with E-state index >= 15 is 0 Å². The molecule has 0 amide bonds. The zero-order chi connectivity index (χ0) is 25.6. The second-order valence-corrected chi connectivity index (χ2v) is 10.8. The maximum absolute atomic E-state index is 11.2. The molecule has 0 aliphatic carbocycles. The molecule has 1 N–H and O–H groups in total. The molecule has 0 atom stereocenters. The molecule has 2 aromatic carbocycles. The van der Waals surface area contributed by atoms with Crippen LogP contribution < -0.4 is 14.2 Å². The molecule has 0 aliphatic heterocycles. The van der Waals surface area contributed by atoms with E-state index in [1.165, 1.54) is 6.26 Å². The number of hydrogen-bond donors (Lipinski definition) is 1. The van der Waals surface area contributed by atoms with Gasteiger partial charge in [0.1, 0.15) is 24.7 Å². The summed E-state index contributed by atoms with van der Waals surface area (Å²) in [5.41, 5.74) is 2.36. The number of sulfonamides is 1. The van der Waals surface area contributed by atoms with Gasteiger partial charge in [0.15, 0.2) is 5.75 Å². The van der Waals surface area contributed by atoms with E-state index in [9.17, 15) is 13.7 Å². The molecular formula is C24H25Cl2N3O5S. The van der Waals surface area contributed by atoms with Crippen molar-refractivity contribution in [3.63, 3.8) is 0 Å². The number of hydrogen-bond acceptors (Lipinski definition) is 7. The Balaban J connectivity index is 1.67. The van der Waals surface area contributed by atoms with E-state index in [0.29, 0.717) is 46.7 Å². The number of anilines is 1. The average molecular weight is 538 g/mol. The Kier molecular flexibility index (Phi) is 8.54. The molecule has 35 heavy (non-hydrogen) atoms. The standard InChI is InChI=1S/C24H25Cl2N3O5S/c1-24(2,18-12-16(14-27)22(21(26)13-18)33-11-9-25)17-4-6-20(7-5-17)32-10-8-19-15-34-23(28-19)29-35(3,30)31/h4-7,12-13,15H,8-11H2,1-3H3,(H,28,29). The molecule has 3 aromatic rings. The van der Waals surface area contributed by atoms with Crippen LogP contribution in [0.5, 0.6) is 11.5 Å². The quantitative estimate of drug-likeness (QED) is 0.337. The largest absolute Gasteiger partial charge is 0.493 e. The monoisotopic (exact) mass is 537 g/mol. The molecule has 0 spiro atoms. The maximum atomic E-state index is 11.2. The number of oxazole rings is 1. The molecule has 3 rings (SSSR count). The molecular weight excluding hydrogens is 513 g/mol. The van der Waals surface area contributed by atoms with Crippen LogP contribution in [0.4, 0.5) is 6.01 Å². The van der Waals surface area contributed by atoms with Crippen molar-refractivity contribution in [2.75, 3.05) is 30.1 Å². The average Bonchev–Trinajstić information content (AvgIpc) is 3.23. The lowest BCUT2D eigenvalue weighted by Gasteiger charge is -2.27. The van der Waals surface area contributed by atoms with Crippen LogP contribution in [-0.2, 0) is 21.9 Å². The first-order chi connectivity index (χ1) is 16.5. The highest BCUT2D eigenvalue weighted by Crippen LogP contribution is 2.38. The van der Waals surface area contributed by atoms with Crippen LogP contribution in [-0.4, -0.2) is 38.8 Å². The molecule has 11 heteroatoms. The van der Waals surface area contributed by atoms with Crippen LogP contribution in [0.25, 0.3) is 0 Å². The molecule has 0 aliphatic rings. The van der Waals surface area contributed by atoms with E-state index in [0.717, 1.165) is 17.4 Å². The van der Waals surface area contributed by atoms with Crippen molar-refractivity contribution in [3.8, 4) is 17.6 Å². The number of alkyl halides is 1. The summed E-state index contributed by atoms with van der Waals surface area (Å²) in [5, 5.41) is 9.94. The molecule has 8 nitrogen and oxygen atoms in total. The molecule has 186 valence electrons. The summed E-state index contributed by atoms with van der Waals surface area (Å²) >= 11 is 12.1. The topological polar surface area (TPSA) is 114 Å². The third-order valence-corrected chi connectivity index (χ3v) is 6.22. The van der Waals surface area contributed by atoms with E-state index in [-0.39, 0.29) is 12.6 Å². The minimum atomic E-state index is -3.45. The van der Waals surface area contributed by atoms with Crippen molar-refractivity contribution >= 4 is 39.2 Å². The minimum Gasteiger partial charge on any atom is -0.493 e. The summed E-state index contributed by atoms with van der Waals surface area (Å²) in [4.78, 5) is 4.06. The maximum Gasteiger partial charge on any atom is 0.308 e. The van der Waals surface area contributed by atoms with Crippen LogP contribution in [0.1, 0.15) is 36.2 Å². The lowest BCUT2D eigenvalue weighted by molar-refractivity contribution is 0.320. The Morgan fingerprint density at radius 3 is 2.49 bits per heavy atom. The molecule has 1 aromatic heterocycles. The Hall–Kier alpha value is -2.93. The van der Waals surface area contributed by atoms with E-state index in [4.69, 9.17) is 37.1 Å². The van der Waals surface area contributed by atoms with Crippen molar-refractivity contribution in [3.05, 3.63) is 70.1 Å². The van der Waals surface area contributed by atoms with E-state index in [2.05, 4.69) is 15.8 Å². The zero-order valence-corrected chi connectivity index (χ0v) is 21.8. The Bertz CT molecular complexity index is 1320. The first kappa shape index (κ1) is 26.7. The van der Waals surface area contributed by atoms with Gasteiger partial charge in [-0.2, -0.15) is 10.2 Å². The van der Waals surface area contributed by atoms with E-state index < -0.39 is 15.4 Å². The molecule has 1 heterocycles. The van der Waals surface area contributed by atoms with Gasteiger partial charge in [0.2, 0.25) is 10.0 Å². The molecule has 0 saturated heterocycles. The van der Waals surface area contributed by atoms with Gasteiger partial charge in [0, 0.05) is 11.8 Å². The van der Waals surface area contributed by atoms with Gasteiger partial charge in [-0.15, -0.1) is 11.6 Å². The number of ether oxygens (including phenoxy) is 2. The van der Waals surface area contributed by atoms with Crippen LogP contribution in [0.2, 0.25) is 5.02 Å². The Morgan fingerprint density at radius 2 is 1.86 bits per heavy atom. The second-order valence-electron chi connectivity index (χ2n) is 8.25. The van der Waals surface area contributed by atoms with Gasteiger partial charge < -0.3 is 13.9 Å². The summed E-state index contributed by atoms with van der Waals surface area (Å²) in [6, 6.07) is 13.3. The molecule has 0 bridgehead atoms. The minimum absolute atomic E-state index is 0.0765. The number of nitrogens with zero attached hydrogens (tertiary/aromatic N) is 2.